The number of aryl methyl sites for hydroxylation is 2. The van der Waals surface area contributed by atoms with E-state index in [1.54, 1.807) is 41.8 Å². The third kappa shape index (κ3) is 6.39. The van der Waals surface area contributed by atoms with Crippen molar-refractivity contribution in [1.29, 1.82) is 0 Å². The van der Waals surface area contributed by atoms with Crippen LogP contribution in [-0.4, -0.2) is 51.8 Å². The third-order valence-corrected chi connectivity index (χ3v) is 7.04. The molecule has 0 saturated heterocycles. The lowest BCUT2D eigenvalue weighted by Gasteiger charge is -2.19. The Morgan fingerprint density at radius 2 is 1.80 bits per heavy atom. The van der Waals surface area contributed by atoms with Gasteiger partial charge in [0.05, 0.1) is 11.7 Å². The zero-order valence-corrected chi connectivity index (χ0v) is 23.4. The summed E-state index contributed by atoms with van der Waals surface area (Å²) >= 11 is 0. The first-order valence-corrected chi connectivity index (χ1v) is 13.6. The maximum absolute atomic E-state index is 13.6. The monoisotopic (exact) mass is 566 g/mol. The van der Waals surface area contributed by atoms with Gasteiger partial charge in [0, 0.05) is 43.1 Å². The second kappa shape index (κ2) is 11.3. The standard InChI is InChI=1S/C30H33F3N6O2/c1-18(2)41-26-14-10-21(30(31,32)33)17-25(26)24-6-5-15-39-27(24)36-28(37-39)34-23-13-8-19-7-11-22(12-9-20(19)16-23)35-29(40)38(3)4/h5-6,8,10,13-18,22H,7,9,11-12H2,1-4H3,(H,34,37)(H,35,40). The maximum atomic E-state index is 13.6. The second-order valence-corrected chi connectivity index (χ2v) is 10.7. The van der Waals surface area contributed by atoms with E-state index in [1.165, 1.54) is 17.2 Å². The number of amides is 2. The summed E-state index contributed by atoms with van der Waals surface area (Å²) in [6.45, 7) is 3.64. The van der Waals surface area contributed by atoms with Gasteiger partial charge in [0.15, 0.2) is 5.65 Å². The Hall–Kier alpha value is -4.28. The first-order valence-electron chi connectivity index (χ1n) is 13.6. The molecule has 5 rings (SSSR count). The summed E-state index contributed by atoms with van der Waals surface area (Å²) in [7, 11) is 3.46. The lowest BCUT2D eigenvalue weighted by atomic mass is 10.0. The van der Waals surface area contributed by atoms with Crippen molar-refractivity contribution in [2.75, 3.05) is 19.4 Å². The van der Waals surface area contributed by atoms with Gasteiger partial charge in [-0.05, 0) is 93.1 Å². The second-order valence-electron chi connectivity index (χ2n) is 10.7. The van der Waals surface area contributed by atoms with Crippen molar-refractivity contribution in [2.24, 2.45) is 0 Å². The number of nitrogens with zero attached hydrogens (tertiary/aromatic N) is 4. The number of aromatic nitrogens is 3. The number of nitrogens with one attached hydrogen (secondary N) is 2. The zero-order chi connectivity index (χ0) is 29.3. The molecule has 2 N–H and O–H groups in total. The number of alkyl halides is 3. The molecule has 41 heavy (non-hydrogen) atoms. The lowest BCUT2D eigenvalue weighted by molar-refractivity contribution is -0.137. The molecule has 0 radical (unpaired) electrons. The van der Waals surface area contributed by atoms with Gasteiger partial charge in [0.2, 0.25) is 5.95 Å². The molecule has 0 saturated carbocycles. The van der Waals surface area contributed by atoms with E-state index in [0.717, 1.165) is 43.5 Å². The molecule has 11 heteroatoms. The van der Waals surface area contributed by atoms with Gasteiger partial charge in [-0.3, -0.25) is 0 Å². The van der Waals surface area contributed by atoms with Crippen LogP contribution in [0.4, 0.5) is 29.6 Å². The normalized spacial score (nSPS) is 15.4. The number of halogens is 3. The number of pyridine rings is 1. The molecule has 2 amide bonds. The predicted molar refractivity (Wildman–Crippen MR) is 152 cm³/mol. The van der Waals surface area contributed by atoms with Crippen molar-refractivity contribution >= 4 is 23.3 Å². The Morgan fingerprint density at radius 1 is 1.05 bits per heavy atom. The van der Waals surface area contributed by atoms with Gasteiger partial charge in [-0.25, -0.2) is 9.31 Å². The fourth-order valence-corrected chi connectivity index (χ4v) is 5.00. The molecule has 2 aromatic carbocycles. The molecule has 0 spiro atoms. The van der Waals surface area contributed by atoms with E-state index in [2.05, 4.69) is 32.8 Å². The van der Waals surface area contributed by atoms with Gasteiger partial charge in [-0.2, -0.15) is 18.2 Å². The maximum Gasteiger partial charge on any atom is 0.416 e. The highest BCUT2D eigenvalue weighted by molar-refractivity contribution is 5.82. The predicted octanol–water partition coefficient (Wildman–Crippen LogP) is 6.46. The summed E-state index contributed by atoms with van der Waals surface area (Å²) in [6, 6.07) is 13.0. The van der Waals surface area contributed by atoms with Crippen LogP contribution in [0, 0.1) is 0 Å². The van der Waals surface area contributed by atoms with Gasteiger partial charge >= 0.3 is 12.2 Å². The van der Waals surface area contributed by atoms with Crippen molar-refractivity contribution in [3.8, 4) is 16.9 Å². The van der Waals surface area contributed by atoms with Crippen LogP contribution < -0.4 is 15.4 Å². The van der Waals surface area contributed by atoms with E-state index >= 15 is 0 Å². The highest BCUT2D eigenvalue weighted by Crippen LogP contribution is 2.39. The van der Waals surface area contributed by atoms with E-state index in [1.807, 2.05) is 19.9 Å². The number of anilines is 2. The molecular weight excluding hydrogens is 533 g/mol. The largest absolute Gasteiger partial charge is 0.490 e. The lowest BCUT2D eigenvalue weighted by Crippen LogP contribution is -2.41. The van der Waals surface area contributed by atoms with Gasteiger partial charge in [0.1, 0.15) is 5.75 Å². The van der Waals surface area contributed by atoms with E-state index < -0.39 is 11.7 Å². The molecule has 0 aliphatic heterocycles. The molecule has 0 bridgehead atoms. The quantitative estimate of drug-likeness (QED) is 0.262. The van der Waals surface area contributed by atoms with Crippen LogP contribution in [0.1, 0.15) is 43.4 Å². The number of urea groups is 1. The van der Waals surface area contributed by atoms with Crippen molar-refractivity contribution in [3.05, 3.63) is 71.4 Å². The molecule has 1 aliphatic carbocycles. The van der Waals surface area contributed by atoms with Crippen molar-refractivity contribution in [2.45, 2.75) is 57.9 Å². The minimum atomic E-state index is -4.50. The molecule has 0 fully saturated rings. The summed E-state index contributed by atoms with van der Waals surface area (Å²) in [5.74, 6) is 0.657. The highest BCUT2D eigenvalue weighted by Gasteiger charge is 2.32. The minimum Gasteiger partial charge on any atom is -0.490 e. The Bertz CT molecular complexity index is 1560. The van der Waals surface area contributed by atoms with Crippen LogP contribution in [0.2, 0.25) is 0 Å². The molecule has 216 valence electrons. The summed E-state index contributed by atoms with van der Waals surface area (Å²) in [5, 5.41) is 10.9. The van der Waals surface area contributed by atoms with Crippen LogP contribution in [0.3, 0.4) is 0 Å². The van der Waals surface area contributed by atoms with Gasteiger partial charge in [-0.15, -0.1) is 5.10 Å². The average Bonchev–Trinajstić information content (AvgIpc) is 3.22. The molecule has 2 aromatic heterocycles. The molecular formula is C30H33F3N6O2. The van der Waals surface area contributed by atoms with Gasteiger partial charge < -0.3 is 20.3 Å². The van der Waals surface area contributed by atoms with E-state index in [4.69, 9.17) is 4.74 Å². The first-order chi connectivity index (χ1) is 19.5. The average molecular weight is 567 g/mol. The van der Waals surface area contributed by atoms with Crippen LogP contribution in [0.5, 0.6) is 5.75 Å². The Labute approximate surface area is 236 Å². The van der Waals surface area contributed by atoms with Crippen LogP contribution in [0.25, 0.3) is 16.8 Å². The summed E-state index contributed by atoms with van der Waals surface area (Å²) in [5.41, 5.74) is 3.64. The van der Waals surface area contributed by atoms with Gasteiger partial charge in [0.25, 0.3) is 0 Å². The number of carbonyl (C=O) groups is 1. The SMILES string of the molecule is CC(C)Oc1ccc(C(F)(F)F)cc1-c1cccn2nc(Nc3ccc4c(c3)CCC(NC(=O)N(C)C)CC4)nc12. The van der Waals surface area contributed by atoms with E-state index in [-0.39, 0.29) is 18.2 Å². The number of ether oxygens (including phenoxy) is 1. The molecule has 1 atom stereocenters. The zero-order valence-electron chi connectivity index (χ0n) is 23.4. The minimum absolute atomic E-state index is 0.0892. The van der Waals surface area contributed by atoms with E-state index in [9.17, 15) is 18.0 Å². The molecule has 2 heterocycles. The Kier molecular flexibility index (Phi) is 7.79. The van der Waals surface area contributed by atoms with E-state index in [0.29, 0.717) is 28.5 Å². The number of hydrogen-bond acceptors (Lipinski definition) is 5. The Morgan fingerprint density at radius 3 is 2.51 bits per heavy atom. The molecule has 4 aromatic rings. The van der Waals surface area contributed by atoms with Crippen molar-refractivity contribution in [1.82, 2.24) is 24.8 Å². The summed E-state index contributed by atoms with van der Waals surface area (Å²) in [6.07, 6.45) is 0.361. The number of hydrogen-bond donors (Lipinski definition) is 2. The van der Waals surface area contributed by atoms with Crippen LogP contribution in [-0.2, 0) is 19.0 Å². The molecule has 1 aliphatic rings. The fraction of sp³-hybridized carbons (Fsp3) is 0.367. The smallest absolute Gasteiger partial charge is 0.416 e. The number of fused-ring (bicyclic) bond motifs is 2. The number of carbonyl (C=O) groups excluding carboxylic acids is 1. The van der Waals surface area contributed by atoms with Crippen LogP contribution >= 0.6 is 0 Å². The highest BCUT2D eigenvalue weighted by atomic mass is 19.4. The fourth-order valence-electron chi connectivity index (χ4n) is 5.00. The topological polar surface area (TPSA) is 83.8 Å². The Balaban J connectivity index is 1.42. The van der Waals surface area contributed by atoms with Crippen molar-refractivity contribution < 1.29 is 22.7 Å². The summed E-state index contributed by atoms with van der Waals surface area (Å²) in [4.78, 5) is 18.3. The summed E-state index contributed by atoms with van der Waals surface area (Å²) < 4.78 is 48.2. The third-order valence-electron chi connectivity index (χ3n) is 7.04. The van der Waals surface area contributed by atoms with Gasteiger partial charge in [-0.1, -0.05) is 6.07 Å². The number of rotatable bonds is 6. The first kappa shape index (κ1) is 28.3. The van der Waals surface area contributed by atoms with Crippen LogP contribution in [0.15, 0.2) is 54.7 Å². The molecule has 8 nitrogen and oxygen atoms in total. The number of benzene rings is 2. The molecule has 1 unspecified atom stereocenters. The van der Waals surface area contributed by atoms with Crippen molar-refractivity contribution in [3.63, 3.8) is 0 Å².